The molecular weight excluding hydrogens is 216 g/mol. The van der Waals surface area contributed by atoms with Crippen molar-refractivity contribution >= 4 is 11.7 Å². The quantitative estimate of drug-likeness (QED) is 0.850. The van der Waals surface area contributed by atoms with Crippen LogP contribution in [0.1, 0.15) is 42.2 Å². The van der Waals surface area contributed by atoms with Crippen LogP contribution in [0.25, 0.3) is 0 Å². The van der Waals surface area contributed by atoms with Crippen LogP contribution in [-0.4, -0.2) is 28.6 Å². The summed E-state index contributed by atoms with van der Waals surface area (Å²) in [5.41, 5.74) is 2.01. The lowest BCUT2D eigenvalue weighted by atomic mass is 10.1. The number of carboxylic acid groups (broad SMARTS) is 1. The van der Waals surface area contributed by atoms with Gasteiger partial charge in [-0.2, -0.15) is 0 Å². The average molecular weight is 234 g/mol. The molecule has 2 rings (SSSR count). The van der Waals surface area contributed by atoms with E-state index in [9.17, 15) is 9.90 Å². The first kappa shape index (κ1) is 11.9. The summed E-state index contributed by atoms with van der Waals surface area (Å²) >= 11 is 0. The van der Waals surface area contributed by atoms with Gasteiger partial charge in [0.25, 0.3) is 0 Å². The maximum atomic E-state index is 11.2. The summed E-state index contributed by atoms with van der Waals surface area (Å²) in [4.78, 5) is 17.5. The number of pyridine rings is 1. The maximum absolute atomic E-state index is 11.2. The fourth-order valence-electron chi connectivity index (χ4n) is 2.07. The summed E-state index contributed by atoms with van der Waals surface area (Å²) in [6.45, 7) is 4.92. The lowest BCUT2D eigenvalue weighted by Gasteiger charge is -2.25. The third-order valence-corrected chi connectivity index (χ3v) is 3.01. The predicted molar refractivity (Wildman–Crippen MR) is 66.6 cm³/mol. The molecule has 17 heavy (non-hydrogen) atoms. The van der Waals surface area contributed by atoms with Crippen molar-refractivity contribution in [1.82, 2.24) is 4.98 Å². The number of aryl methyl sites for hydroxylation is 1. The van der Waals surface area contributed by atoms with E-state index in [0.717, 1.165) is 24.3 Å². The number of aromatic carboxylic acids is 1. The van der Waals surface area contributed by atoms with Crippen molar-refractivity contribution < 1.29 is 9.90 Å². The number of aromatic nitrogens is 1. The topological polar surface area (TPSA) is 53.4 Å². The molecule has 0 spiro atoms. The Morgan fingerprint density at radius 2 is 2.29 bits per heavy atom. The Morgan fingerprint density at radius 1 is 1.59 bits per heavy atom. The summed E-state index contributed by atoms with van der Waals surface area (Å²) < 4.78 is 0. The second-order valence-corrected chi connectivity index (χ2v) is 4.57. The van der Waals surface area contributed by atoms with Crippen molar-refractivity contribution in [2.45, 2.75) is 39.2 Å². The molecule has 0 unspecified atom stereocenters. The minimum atomic E-state index is -0.894. The second kappa shape index (κ2) is 4.73. The molecule has 4 nitrogen and oxygen atoms in total. The molecule has 0 aliphatic heterocycles. The van der Waals surface area contributed by atoms with Crippen molar-refractivity contribution in [2.24, 2.45) is 0 Å². The van der Waals surface area contributed by atoms with Gasteiger partial charge in [-0.1, -0.05) is 6.92 Å². The van der Waals surface area contributed by atoms with Crippen molar-refractivity contribution in [3.63, 3.8) is 0 Å². The highest BCUT2D eigenvalue weighted by Crippen LogP contribution is 2.33. The van der Waals surface area contributed by atoms with E-state index >= 15 is 0 Å². The fraction of sp³-hybridized carbons (Fsp3) is 0.538. The number of carboxylic acids is 1. The van der Waals surface area contributed by atoms with E-state index in [1.165, 1.54) is 19.0 Å². The van der Waals surface area contributed by atoms with Crippen LogP contribution in [0.3, 0.4) is 0 Å². The fourth-order valence-corrected chi connectivity index (χ4v) is 2.07. The Morgan fingerprint density at radius 3 is 2.82 bits per heavy atom. The molecule has 92 valence electrons. The molecule has 1 aliphatic carbocycles. The maximum Gasteiger partial charge on any atom is 0.339 e. The average Bonchev–Trinajstić information content (AvgIpc) is 3.09. The van der Waals surface area contributed by atoms with Gasteiger partial charge in [0.15, 0.2) is 0 Å². The Hall–Kier alpha value is -1.58. The standard InChI is InChI=1S/C13H18N2O2/c1-3-6-15(10-4-5-10)12-7-9(2)14-8-11(12)13(16)17/h7-8,10H,3-6H2,1-2H3,(H,16,17). The summed E-state index contributed by atoms with van der Waals surface area (Å²) in [6.07, 6.45) is 4.83. The van der Waals surface area contributed by atoms with Crippen molar-refractivity contribution in [2.75, 3.05) is 11.4 Å². The smallest absolute Gasteiger partial charge is 0.339 e. The zero-order valence-corrected chi connectivity index (χ0v) is 10.3. The molecule has 1 aliphatic rings. The Labute approximate surface area is 101 Å². The molecule has 1 heterocycles. The molecular formula is C13H18N2O2. The Balaban J connectivity index is 2.39. The molecule has 1 aromatic heterocycles. The first-order valence-electron chi connectivity index (χ1n) is 6.10. The van der Waals surface area contributed by atoms with E-state index in [0.29, 0.717) is 11.6 Å². The van der Waals surface area contributed by atoms with Crippen molar-refractivity contribution in [1.29, 1.82) is 0 Å². The number of hydrogen-bond acceptors (Lipinski definition) is 3. The van der Waals surface area contributed by atoms with Crippen LogP contribution in [0.4, 0.5) is 5.69 Å². The molecule has 0 atom stereocenters. The van der Waals surface area contributed by atoms with Gasteiger partial charge in [-0.15, -0.1) is 0 Å². The highest BCUT2D eigenvalue weighted by atomic mass is 16.4. The van der Waals surface area contributed by atoms with Gasteiger partial charge >= 0.3 is 5.97 Å². The summed E-state index contributed by atoms with van der Waals surface area (Å²) in [7, 11) is 0. The van der Waals surface area contributed by atoms with E-state index in [4.69, 9.17) is 0 Å². The number of hydrogen-bond donors (Lipinski definition) is 1. The van der Waals surface area contributed by atoms with E-state index < -0.39 is 5.97 Å². The molecule has 0 saturated heterocycles. The zero-order chi connectivity index (χ0) is 12.4. The highest BCUT2D eigenvalue weighted by molar-refractivity contribution is 5.94. The van der Waals surface area contributed by atoms with Crippen LogP contribution < -0.4 is 4.90 Å². The molecule has 1 fully saturated rings. The predicted octanol–water partition coefficient (Wildman–Crippen LogP) is 2.47. The largest absolute Gasteiger partial charge is 0.478 e. The molecule has 1 saturated carbocycles. The van der Waals surface area contributed by atoms with Crippen molar-refractivity contribution in [3.05, 3.63) is 23.5 Å². The van der Waals surface area contributed by atoms with Gasteiger partial charge in [0, 0.05) is 24.5 Å². The van der Waals surface area contributed by atoms with E-state index in [1.54, 1.807) is 0 Å². The van der Waals surface area contributed by atoms with E-state index in [1.807, 2.05) is 13.0 Å². The molecule has 4 heteroatoms. The molecule has 0 radical (unpaired) electrons. The van der Waals surface area contributed by atoms with Gasteiger partial charge in [0.2, 0.25) is 0 Å². The van der Waals surface area contributed by atoms with E-state index in [2.05, 4.69) is 16.8 Å². The summed E-state index contributed by atoms with van der Waals surface area (Å²) in [5, 5.41) is 9.21. The highest BCUT2D eigenvalue weighted by Gasteiger charge is 2.31. The van der Waals surface area contributed by atoms with E-state index in [-0.39, 0.29) is 0 Å². The number of anilines is 1. The lowest BCUT2D eigenvalue weighted by molar-refractivity contribution is 0.0697. The first-order valence-corrected chi connectivity index (χ1v) is 6.10. The molecule has 1 aromatic rings. The van der Waals surface area contributed by atoms with Gasteiger partial charge in [0.05, 0.1) is 5.69 Å². The number of rotatable bonds is 5. The molecule has 0 aromatic carbocycles. The van der Waals surface area contributed by atoms with Gasteiger partial charge in [-0.25, -0.2) is 4.79 Å². The van der Waals surface area contributed by atoms with Crippen LogP contribution in [0.15, 0.2) is 12.3 Å². The zero-order valence-electron chi connectivity index (χ0n) is 10.3. The third kappa shape index (κ3) is 2.57. The van der Waals surface area contributed by atoms with Crippen molar-refractivity contribution in [3.8, 4) is 0 Å². The molecule has 1 N–H and O–H groups in total. The second-order valence-electron chi connectivity index (χ2n) is 4.57. The van der Waals surface area contributed by atoms with Crippen LogP contribution in [-0.2, 0) is 0 Å². The van der Waals surface area contributed by atoms with Gasteiger partial charge in [0.1, 0.15) is 5.56 Å². The summed E-state index contributed by atoms with van der Waals surface area (Å²) in [6, 6.07) is 2.41. The third-order valence-electron chi connectivity index (χ3n) is 3.01. The Bertz CT molecular complexity index is 427. The minimum Gasteiger partial charge on any atom is -0.478 e. The number of carbonyl (C=O) groups is 1. The van der Waals surface area contributed by atoms with Gasteiger partial charge < -0.3 is 10.0 Å². The minimum absolute atomic E-state index is 0.316. The SMILES string of the molecule is CCCN(c1cc(C)ncc1C(=O)O)C1CC1. The van der Waals surface area contributed by atoms with Crippen LogP contribution in [0, 0.1) is 6.92 Å². The normalized spacial score (nSPS) is 14.7. The van der Waals surface area contributed by atoms with Gasteiger partial charge in [-0.05, 0) is 32.3 Å². The molecule has 0 amide bonds. The monoisotopic (exact) mass is 234 g/mol. The van der Waals surface area contributed by atoms with Crippen LogP contribution in [0.5, 0.6) is 0 Å². The first-order chi connectivity index (χ1) is 8.13. The Kier molecular flexibility index (Phi) is 3.31. The number of nitrogens with zero attached hydrogens (tertiary/aromatic N) is 2. The molecule has 0 bridgehead atoms. The van der Waals surface area contributed by atoms with Gasteiger partial charge in [-0.3, -0.25) is 4.98 Å². The lowest BCUT2D eigenvalue weighted by Crippen LogP contribution is -2.28. The van der Waals surface area contributed by atoms with Crippen LogP contribution in [0.2, 0.25) is 0 Å². The summed E-state index contributed by atoms with van der Waals surface area (Å²) in [5.74, 6) is -0.894. The van der Waals surface area contributed by atoms with Crippen LogP contribution >= 0.6 is 0 Å².